The Kier molecular flexibility index (Phi) is 3.76. The SMILES string of the molecule is CN(c1ccc([N+](=O)[O-])cc1)c1nc(C(C)(C)C)cs1. The fourth-order valence-electron chi connectivity index (χ4n) is 1.67. The molecule has 1 aromatic heterocycles. The predicted molar refractivity (Wildman–Crippen MR) is 82.0 cm³/mol. The Bertz CT molecular complexity index is 614. The summed E-state index contributed by atoms with van der Waals surface area (Å²) in [6.45, 7) is 6.37. The first-order valence-electron chi connectivity index (χ1n) is 6.23. The molecule has 0 unspecified atom stereocenters. The molecule has 0 aliphatic carbocycles. The van der Waals surface area contributed by atoms with Crippen LogP contribution in [0.3, 0.4) is 0 Å². The second-order valence-electron chi connectivity index (χ2n) is 5.60. The van der Waals surface area contributed by atoms with Crippen molar-refractivity contribution in [3.8, 4) is 0 Å². The lowest BCUT2D eigenvalue weighted by atomic mass is 9.93. The van der Waals surface area contributed by atoms with Crippen LogP contribution in [0.2, 0.25) is 0 Å². The lowest BCUT2D eigenvalue weighted by Crippen LogP contribution is -2.13. The molecule has 0 amide bonds. The van der Waals surface area contributed by atoms with Crippen molar-refractivity contribution in [2.45, 2.75) is 26.2 Å². The lowest BCUT2D eigenvalue weighted by molar-refractivity contribution is -0.384. The van der Waals surface area contributed by atoms with Crippen LogP contribution in [0.15, 0.2) is 29.6 Å². The van der Waals surface area contributed by atoms with Crippen molar-refractivity contribution in [1.29, 1.82) is 0 Å². The van der Waals surface area contributed by atoms with Gasteiger partial charge < -0.3 is 4.90 Å². The zero-order chi connectivity index (χ0) is 14.9. The van der Waals surface area contributed by atoms with Crippen LogP contribution in [0.25, 0.3) is 0 Å². The normalized spacial score (nSPS) is 11.4. The molecule has 0 aliphatic heterocycles. The van der Waals surface area contributed by atoms with E-state index in [1.54, 1.807) is 23.5 Å². The van der Waals surface area contributed by atoms with Gasteiger partial charge in [0.25, 0.3) is 5.69 Å². The van der Waals surface area contributed by atoms with Crippen molar-refractivity contribution in [2.24, 2.45) is 0 Å². The quantitative estimate of drug-likeness (QED) is 0.630. The molecule has 0 atom stereocenters. The maximum absolute atomic E-state index is 10.6. The van der Waals surface area contributed by atoms with Gasteiger partial charge in [0, 0.05) is 35.7 Å². The van der Waals surface area contributed by atoms with Crippen molar-refractivity contribution in [3.05, 3.63) is 45.5 Å². The summed E-state index contributed by atoms with van der Waals surface area (Å²) >= 11 is 1.57. The Morgan fingerprint density at radius 3 is 2.30 bits per heavy atom. The minimum atomic E-state index is -0.398. The van der Waals surface area contributed by atoms with Gasteiger partial charge in [-0.1, -0.05) is 20.8 Å². The minimum absolute atomic E-state index is 0.0189. The standard InChI is InChI=1S/C14H17N3O2S/c1-14(2,3)12-9-20-13(15-12)16(4)10-5-7-11(8-6-10)17(18)19/h5-9H,1-4H3. The summed E-state index contributed by atoms with van der Waals surface area (Å²) in [5.41, 5.74) is 2.04. The molecule has 0 N–H and O–H groups in total. The fourth-order valence-corrected chi connectivity index (χ4v) is 2.71. The van der Waals surface area contributed by atoms with Gasteiger partial charge in [0.2, 0.25) is 0 Å². The van der Waals surface area contributed by atoms with Crippen LogP contribution in [0.4, 0.5) is 16.5 Å². The Morgan fingerprint density at radius 2 is 1.85 bits per heavy atom. The molecule has 2 aromatic rings. The number of hydrogen-bond donors (Lipinski definition) is 0. The number of anilines is 2. The Hall–Kier alpha value is -1.95. The number of rotatable bonds is 3. The summed E-state index contributed by atoms with van der Waals surface area (Å²) in [4.78, 5) is 16.8. The molecule has 0 spiro atoms. The first-order chi connectivity index (χ1) is 9.29. The molecule has 106 valence electrons. The highest BCUT2D eigenvalue weighted by Crippen LogP contribution is 2.32. The fraction of sp³-hybridized carbons (Fsp3) is 0.357. The van der Waals surface area contributed by atoms with E-state index in [9.17, 15) is 10.1 Å². The maximum Gasteiger partial charge on any atom is 0.269 e. The highest BCUT2D eigenvalue weighted by Gasteiger charge is 2.19. The highest BCUT2D eigenvalue weighted by atomic mass is 32.1. The zero-order valence-electron chi connectivity index (χ0n) is 12.0. The molecule has 20 heavy (non-hydrogen) atoms. The number of non-ortho nitro benzene ring substituents is 1. The summed E-state index contributed by atoms with van der Waals surface area (Å²) < 4.78 is 0. The number of nitrogens with zero attached hydrogens (tertiary/aromatic N) is 3. The van der Waals surface area contributed by atoms with Crippen molar-refractivity contribution >= 4 is 27.8 Å². The van der Waals surface area contributed by atoms with Gasteiger partial charge in [-0.2, -0.15) is 0 Å². The average Bonchev–Trinajstić information content (AvgIpc) is 2.87. The van der Waals surface area contributed by atoms with E-state index in [1.807, 2.05) is 11.9 Å². The molecule has 0 fully saturated rings. The summed E-state index contributed by atoms with van der Waals surface area (Å²) in [6, 6.07) is 6.47. The van der Waals surface area contributed by atoms with Crippen LogP contribution < -0.4 is 4.90 Å². The van der Waals surface area contributed by atoms with Gasteiger partial charge in [0.1, 0.15) is 0 Å². The molecule has 0 aliphatic rings. The van der Waals surface area contributed by atoms with Crippen LogP contribution in [0.1, 0.15) is 26.5 Å². The first kappa shape index (κ1) is 14.5. The first-order valence-corrected chi connectivity index (χ1v) is 7.11. The summed E-state index contributed by atoms with van der Waals surface area (Å²) in [5.74, 6) is 0. The molecule has 0 bridgehead atoms. The Morgan fingerprint density at radius 1 is 1.25 bits per heavy atom. The average molecular weight is 291 g/mol. The third kappa shape index (κ3) is 2.96. The third-order valence-corrected chi connectivity index (χ3v) is 3.91. The van der Waals surface area contributed by atoms with Gasteiger partial charge in [-0.15, -0.1) is 11.3 Å². The van der Waals surface area contributed by atoms with E-state index in [0.717, 1.165) is 16.5 Å². The van der Waals surface area contributed by atoms with E-state index in [4.69, 9.17) is 0 Å². The van der Waals surface area contributed by atoms with Gasteiger partial charge in [-0.05, 0) is 12.1 Å². The van der Waals surface area contributed by atoms with E-state index < -0.39 is 4.92 Å². The van der Waals surface area contributed by atoms with Gasteiger partial charge >= 0.3 is 0 Å². The largest absolute Gasteiger partial charge is 0.321 e. The van der Waals surface area contributed by atoms with Crippen LogP contribution in [-0.2, 0) is 5.41 Å². The predicted octanol–water partition coefficient (Wildman–Crippen LogP) is 4.12. The molecule has 0 saturated carbocycles. The van der Waals surface area contributed by atoms with E-state index in [1.165, 1.54) is 12.1 Å². The van der Waals surface area contributed by atoms with Crippen molar-refractivity contribution in [3.63, 3.8) is 0 Å². The van der Waals surface area contributed by atoms with Crippen LogP contribution in [-0.4, -0.2) is 17.0 Å². The summed E-state index contributed by atoms with van der Waals surface area (Å²) in [6.07, 6.45) is 0. The third-order valence-electron chi connectivity index (χ3n) is 3.00. The topological polar surface area (TPSA) is 59.3 Å². The van der Waals surface area contributed by atoms with Gasteiger partial charge in [-0.25, -0.2) is 4.98 Å². The van der Waals surface area contributed by atoms with E-state index >= 15 is 0 Å². The lowest BCUT2D eigenvalue weighted by Gasteiger charge is -2.17. The smallest absolute Gasteiger partial charge is 0.269 e. The van der Waals surface area contributed by atoms with E-state index in [0.29, 0.717) is 0 Å². The molecule has 0 saturated heterocycles. The van der Waals surface area contributed by atoms with Crippen molar-refractivity contribution in [1.82, 2.24) is 4.98 Å². The number of thiazole rings is 1. The minimum Gasteiger partial charge on any atom is -0.321 e. The number of nitro groups is 1. The molecule has 5 nitrogen and oxygen atoms in total. The number of hydrogen-bond acceptors (Lipinski definition) is 5. The van der Waals surface area contributed by atoms with Crippen LogP contribution in [0.5, 0.6) is 0 Å². The van der Waals surface area contributed by atoms with Crippen LogP contribution >= 0.6 is 11.3 Å². The maximum atomic E-state index is 10.6. The summed E-state index contributed by atoms with van der Waals surface area (Å²) in [7, 11) is 1.91. The molecule has 2 rings (SSSR count). The second kappa shape index (κ2) is 5.20. The van der Waals surface area contributed by atoms with Gasteiger partial charge in [-0.3, -0.25) is 10.1 Å². The van der Waals surface area contributed by atoms with Gasteiger partial charge in [0.15, 0.2) is 5.13 Å². The molecule has 6 heteroatoms. The Labute approximate surface area is 122 Å². The number of nitro benzene ring substituents is 1. The highest BCUT2D eigenvalue weighted by molar-refractivity contribution is 7.13. The number of benzene rings is 1. The second-order valence-corrected chi connectivity index (χ2v) is 6.43. The molecule has 1 aromatic carbocycles. The monoisotopic (exact) mass is 291 g/mol. The molecule has 1 heterocycles. The summed E-state index contributed by atoms with van der Waals surface area (Å²) in [5, 5.41) is 13.6. The molecular formula is C14H17N3O2S. The van der Waals surface area contributed by atoms with Crippen molar-refractivity contribution < 1.29 is 4.92 Å². The Balaban J connectivity index is 2.24. The van der Waals surface area contributed by atoms with Gasteiger partial charge in [0.05, 0.1) is 10.6 Å². The van der Waals surface area contributed by atoms with Crippen LogP contribution in [0, 0.1) is 10.1 Å². The van der Waals surface area contributed by atoms with E-state index in [2.05, 4.69) is 31.1 Å². The number of aromatic nitrogens is 1. The molecular weight excluding hydrogens is 274 g/mol. The van der Waals surface area contributed by atoms with Crippen molar-refractivity contribution in [2.75, 3.05) is 11.9 Å². The van der Waals surface area contributed by atoms with E-state index in [-0.39, 0.29) is 11.1 Å². The molecule has 0 radical (unpaired) electrons. The zero-order valence-corrected chi connectivity index (χ0v) is 12.8.